The van der Waals surface area contributed by atoms with Crippen molar-refractivity contribution in [3.05, 3.63) is 109 Å². The van der Waals surface area contributed by atoms with E-state index in [1.54, 1.807) is 11.4 Å². The third-order valence-corrected chi connectivity index (χ3v) is 11.1. The maximum atomic E-state index is 4.66. The molecule has 0 N–H and O–H groups in total. The van der Waals surface area contributed by atoms with Gasteiger partial charge in [-0.2, -0.15) is 0 Å². The van der Waals surface area contributed by atoms with E-state index in [9.17, 15) is 0 Å². The van der Waals surface area contributed by atoms with Gasteiger partial charge in [0.15, 0.2) is 0 Å². The number of fused-ring (bicyclic) bond motifs is 3. The van der Waals surface area contributed by atoms with Gasteiger partial charge in [0.1, 0.15) is 0 Å². The molecule has 191 valence electrons. The first kappa shape index (κ1) is 26.4. The standard InChI is InChI=1S/C19H14NSi.C15H16N.Ir/c1-21(2)15-9-3-6-12-13-8-5-11-20-19(13)14-7-4-10-16(21)18(14)17(12)15;1-15(2,3)13-9-7-12(8-10-13)14-6-4-5-11-16-14;/h3-6,8-11H,1-2H3;4-7,9-11H,1-3H3;/q2*-1;. The van der Waals surface area contributed by atoms with Crippen molar-refractivity contribution in [3.8, 4) is 11.3 Å². The first-order valence-corrected chi connectivity index (χ1v) is 15.9. The Hall–Kier alpha value is -3.17. The Morgan fingerprint density at radius 2 is 1.47 bits per heavy atom. The van der Waals surface area contributed by atoms with Gasteiger partial charge in [-0.15, -0.1) is 64.2 Å². The SMILES string of the molecule is CC(C)(C)c1c[c-]c(-c2ccccn2)cc1.C[Si]1(C)c2cc[c-]c3c4ncccc4c4cccc1c4c23.[Ir]. The summed E-state index contributed by atoms with van der Waals surface area (Å²) in [4.78, 5) is 8.97. The molecule has 0 saturated carbocycles. The zero-order valence-corrected chi connectivity index (χ0v) is 25.8. The molecule has 0 atom stereocenters. The molecule has 0 bridgehead atoms. The van der Waals surface area contributed by atoms with Crippen LogP contribution < -0.4 is 10.4 Å². The third kappa shape index (κ3) is 4.31. The Balaban J connectivity index is 0.000000157. The molecule has 7 rings (SSSR count). The number of hydrogen-bond donors (Lipinski definition) is 0. The molecular weight excluding hydrogens is 657 g/mol. The molecule has 6 aromatic rings. The molecule has 0 aliphatic carbocycles. The smallest absolute Gasteiger partial charge is 0.0932 e. The number of pyridine rings is 2. The molecule has 0 fully saturated rings. The van der Waals surface area contributed by atoms with Crippen LogP contribution in [0.4, 0.5) is 0 Å². The summed E-state index contributed by atoms with van der Waals surface area (Å²) in [6.07, 6.45) is 3.69. The van der Waals surface area contributed by atoms with E-state index in [-0.39, 0.29) is 25.5 Å². The zero-order chi connectivity index (χ0) is 25.8. The molecule has 0 spiro atoms. The van der Waals surface area contributed by atoms with Crippen molar-refractivity contribution in [1.29, 1.82) is 0 Å². The predicted octanol–water partition coefficient (Wildman–Crippen LogP) is 7.32. The van der Waals surface area contributed by atoms with Crippen molar-refractivity contribution in [1.82, 2.24) is 9.97 Å². The quantitative estimate of drug-likeness (QED) is 0.103. The van der Waals surface area contributed by atoms with Gasteiger partial charge in [0.2, 0.25) is 0 Å². The van der Waals surface area contributed by atoms with Gasteiger partial charge in [-0.25, -0.2) is 0 Å². The molecule has 2 aromatic heterocycles. The molecule has 3 heterocycles. The van der Waals surface area contributed by atoms with E-state index in [1.165, 1.54) is 37.7 Å². The summed E-state index contributed by atoms with van der Waals surface area (Å²) in [6.45, 7) is 11.5. The van der Waals surface area contributed by atoms with Gasteiger partial charge >= 0.3 is 0 Å². The Bertz CT molecular complexity index is 1680. The van der Waals surface area contributed by atoms with Crippen molar-refractivity contribution in [2.45, 2.75) is 39.3 Å². The van der Waals surface area contributed by atoms with Crippen LogP contribution in [0, 0.1) is 12.1 Å². The second kappa shape index (κ2) is 9.85. The van der Waals surface area contributed by atoms with Gasteiger partial charge in [0.25, 0.3) is 0 Å². The monoisotopic (exact) mass is 687 g/mol. The van der Waals surface area contributed by atoms with Gasteiger partial charge < -0.3 is 9.97 Å². The summed E-state index contributed by atoms with van der Waals surface area (Å²) in [7, 11) is -1.59. The number of rotatable bonds is 1. The van der Waals surface area contributed by atoms with Crippen LogP contribution in [-0.2, 0) is 25.5 Å². The van der Waals surface area contributed by atoms with Gasteiger partial charge in [-0.1, -0.05) is 86.2 Å². The Morgan fingerprint density at radius 1 is 0.711 bits per heavy atom. The van der Waals surface area contributed by atoms with E-state index in [0.717, 1.165) is 16.8 Å². The second-order valence-electron chi connectivity index (χ2n) is 11.4. The Morgan fingerprint density at radius 3 is 2.18 bits per heavy atom. The number of hydrogen-bond acceptors (Lipinski definition) is 2. The summed E-state index contributed by atoms with van der Waals surface area (Å²) in [5, 5.41) is 9.76. The number of benzene rings is 4. The number of nitrogens with zero attached hydrogens (tertiary/aromatic N) is 2. The van der Waals surface area contributed by atoms with E-state index in [2.05, 4.69) is 111 Å². The van der Waals surface area contributed by atoms with E-state index >= 15 is 0 Å². The molecule has 1 aliphatic rings. The normalized spacial score (nSPS) is 13.4. The fourth-order valence-corrected chi connectivity index (χ4v) is 8.64. The van der Waals surface area contributed by atoms with Crippen molar-refractivity contribution in [2.75, 3.05) is 0 Å². The van der Waals surface area contributed by atoms with Crippen LogP contribution in [0.3, 0.4) is 0 Å². The van der Waals surface area contributed by atoms with Crippen LogP contribution in [0.2, 0.25) is 13.1 Å². The van der Waals surface area contributed by atoms with E-state index in [0.29, 0.717) is 0 Å². The first-order valence-electron chi connectivity index (χ1n) is 12.9. The van der Waals surface area contributed by atoms with Gasteiger partial charge in [0, 0.05) is 32.5 Å². The number of aromatic nitrogens is 2. The topological polar surface area (TPSA) is 25.8 Å². The minimum Gasteiger partial charge on any atom is -0.305 e. The van der Waals surface area contributed by atoms with Crippen LogP contribution in [0.1, 0.15) is 26.3 Å². The van der Waals surface area contributed by atoms with Gasteiger partial charge in [0.05, 0.1) is 8.07 Å². The maximum Gasteiger partial charge on any atom is 0.0932 e. The summed E-state index contributed by atoms with van der Waals surface area (Å²) in [5.41, 5.74) is 4.59. The molecular formula is C34H30IrN2Si-2. The third-order valence-electron chi connectivity index (χ3n) is 7.61. The molecule has 4 aromatic carbocycles. The Labute approximate surface area is 239 Å². The van der Waals surface area contributed by atoms with E-state index in [4.69, 9.17) is 0 Å². The second-order valence-corrected chi connectivity index (χ2v) is 15.7. The molecule has 4 heteroatoms. The maximum absolute atomic E-state index is 4.66. The average Bonchev–Trinajstić information content (AvgIpc) is 3.16. The molecule has 0 unspecified atom stereocenters. The van der Waals surface area contributed by atoms with E-state index in [1.807, 2.05) is 30.5 Å². The van der Waals surface area contributed by atoms with Gasteiger partial charge in [-0.3, -0.25) is 0 Å². The molecule has 0 saturated heterocycles. The van der Waals surface area contributed by atoms with Crippen molar-refractivity contribution < 1.29 is 20.1 Å². The van der Waals surface area contributed by atoms with E-state index < -0.39 is 8.07 Å². The minimum atomic E-state index is -1.59. The van der Waals surface area contributed by atoms with Crippen molar-refractivity contribution in [2.24, 2.45) is 0 Å². The molecule has 1 radical (unpaired) electrons. The molecule has 38 heavy (non-hydrogen) atoms. The fourth-order valence-electron chi connectivity index (χ4n) is 5.57. The Kier molecular flexibility index (Phi) is 6.85. The van der Waals surface area contributed by atoms with Crippen LogP contribution in [0.15, 0.2) is 91.3 Å². The summed E-state index contributed by atoms with van der Waals surface area (Å²) >= 11 is 0. The summed E-state index contributed by atoms with van der Waals surface area (Å²) in [6, 6.07) is 34.3. The largest absolute Gasteiger partial charge is 0.305 e. The fraction of sp³-hybridized carbons (Fsp3) is 0.176. The minimum absolute atomic E-state index is 0. The van der Waals surface area contributed by atoms with Crippen molar-refractivity contribution >= 4 is 50.9 Å². The summed E-state index contributed by atoms with van der Waals surface area (Å²) < 4.78 is 0. The average molecular weight is 687 g/mol. The predicted molar refractivity (Wildman–Crippen MR) is 160 cm³/mol. The molecule has 2 nitrogen and oxygen atoms in total. The first-order chi connectivity index (χ1) is 17.8. The van der Waals surface area contributed by atoms with Crippen molar-refractivity contribution in [3.63, 3.8) is 0 Å². The zero-order valence-electron chi connectivity index (χ0n) is 22.4. The molecule has 1 aliphatic heterocycles. The van der Waals surface area contributed by atoms with Crippen LogP contribution >= 0.6 is 0 Å². The summed E-state index contributed by atoms with van der Waals surface area (Å²) in [5.74, 6) is 0. The van der Waals surface area contributed by atoms with Crippen LogP contribution in [0.5, 0.6) is 0 Å². The van der Waals surface area contributed by atoms with Crippen LogP contribution in [0.25, 0.3) is 43.7 Å². The van der Waals surface area contributed by atoms with Gasteiger partial charge in [-0.05, 0) is 39.5 Å². The van der Waals surface area contributed by atoms with Crippen LogP contribution in [-0.4, -0.2) is 18.0 Å². The molecule has 0 amide bonds.